The first-order valence-corrected chi connectivity index (χ1v) is 10.6. The number of rotatable bonds is 6. The van der Waals surface area contributed by atoms with Gasteiger partial charge in [-0.25, -0.2) is 9.37 Å². The van der Waals surface area contributed by atoms with Crippen LogP contribution in [-0.2, 0) is 22.1 Å². The fourth-order valence-electron chi connectivity index (χ4n) is 3.59. The number of oxazole rings is 1. The smallest absolute Gasteiger partial charge is 0.416 e. The molecule has 0 N–H and O–H groups in total. The summed E-state index contributed by atoms with van der Waals surface area (Å²) >= 11 is 0. The minimum atomic E-state index is -4.46. The molecule has 0 radical (unpaired) electrons. The van der Waals surface area contributed by atoms with E-state index in [9.17, 15) is 22.4 Å². The average molecular weight is 478 g/mol. The summed E-state index contributed by atoms with van der Waals surface area (Å²) in [6, 6.07) is 10.4. The van der Waals surface area contributed by atoms with Crippen molar-refractivity contribution in [3.8, 4) is 17.2 Å². The van der Waals surface area contributed by atoms with Crippen molar-refractivity contribution in [3.63, 3.8) is 0 Å². The number of morpholine rings is 1. The standard InChI is InChI=1S/C24H22F4N2O4/c1-15-21(29-23(34-15)16-4-2-6-18(25)10-16)12-22(31)30-8-9-32-20(13-30)14-33-19-7-3-5-17(11-19)24(26,27)28/h2-7,10-11,20H,8-9,12-14H2,1H3. The summed E-state index contributed by atoms with van der Waals surface area (Å²) in [6.45, 7) is 2.55. The number of aryl methyl sites for hydroxylation is 1. The second-order valence-corrected chi connectivity index (χ2v) is 7.88. The third-order valence-electron chi connectivity index (χ3n) is 5.37. The molecule has 3 aromatic rings. The molecule has 10 heteroatoms. The Morgan fingerprint density at radius 1 is 1.21 bits per heavy atom. The number of nitrogens with zero attached hydrogens (tertiary/aromatic N) is 2. The van der Waals surface area contributed by atoms with Gasteiger partial charge in [0, 0.05) is 12.1 Å². The molecule has 34 heavy (non-hydrogen) atoms. The number of halogens is 4. The van der Waals surface area contributed by atoms with E-state index in [-0.39, 0.29) is 43.7 Å². The second kappa shape index (κ2) is 9.84. The lowest BCUT2D eigenvalue weighted by molar-refractivity contribution is -0.140. The maximum Gasteiger partial charge on any atom is 0.416 e. The zero-order valence-electron chi connectivity index (χ0n) is 18.3. The van der Waals surface area contributed by atoms with Gasteiger partial charge in [0.05, 0.1) is 30.8 Å². The molecule has 1 aliphatic heterocycles. The topological polar surface area (TPSA) is 64.8 Å². The Morgan fingerprint density at radius 3 is 2.76 bits per heavy atom. The van der Waals surface area contributed by atoms with Gasteiger partial charge in [-0.2, -0.15) is 13.2 Å². The average Bonchev–Trinajstić information content (AvgIpc) is 3.17. The van der Waals surface area contributed by atoms with Crippen molar-refractivity contribution < 1.29 is 36.2 Å². The molecule has 1 atom stereocenters. The van der Waals surface area contributed by atoms with E-state index >= 15 is 0 Å². The van der Waals surface area contributed by atoms with Crippen LogP contribution in [0.25, 0.3) is 11.5 Å². The predicted molar refractivity (Wildman–Crippen MR) is 114 cm³/mol. The van der Waals surface area contributed by atoms with Crippen molar-refractivity contribution in [1.29, 1.82) is 0 Å². The maximum absolute atomic E-state index is 13.5. The number of carbonyl (C=O) groups excluding carboxylic acids is 1. The van der Waals surface area contributed by atoms with Crippen LogP contribution >= 0.6 is 0 Å². The van der Waals surface area contributed by atoms with Crippen LogP contribution in [0.5, 0.6) is 5.75 Å². The highest BCUT2D eigenvalue weighted by molar-refractivity contribution is 5.79. The van der Waals surface area contributed by atoms with E-state index < -0.39 is 23.7 Å². The van der Waals surface area contributed by atoms with E-state index in [0.29, 0.717) is 23.6 Å². The molecule has 1 aliphatic rings. The highest BCUT2D eigenvalue weighted by atomic mass is 19.4. The summed E-state index contributed by atoms with van der Waals surface area (Å²) in [7, 11) is 0. The van der Waals surface area contributed by atoms with Crippen LogP contribution in [0.2, 0.25) is 0 Å². The van der Waals surface area contributed by atoms with Crippen LogP contribution < -0.4 is 4.74 Å². The van der Waals surface area contributed by atoms with E-state index in [1.165, 1.54) is 24.3 Å². The normalized spacial score (nSPS) is 16.5. The zero-order chi connectivity index (χ0) is 24.3. The van der Waals surface area contributed by atoms with Gasteiger partial charge < -0.3 is 18.8 Å². The highest BCUT2D eigenvalue weighted by Gasteiger charge is 2.31. The van der Waals surface area contributed by atoms with Gasteiger partial charge in [0.2, 0.25) is 11.8 Å². The molecule has 1 saturated heterocycles. The first kappa shape index (κ1) is 23.7. The van der Waals surface area contributed by atoms with Gasteiger partial charge in [-0.1, -0.05) is 12.1 Å². The summed E-state index contributed by atoms with van der Waals surface area (Å²) in [4.78, 5) is 18.8. The van der Waals surface area contributed by atoms with Gasteiger partial charge in [0.25, 0.3) is 0 Å². The Labute approximate surface area is 193 Å². The van der Waals surface area contributed by atoms with Crippen LogP contribution in [0, 0.1) is 12.7 Å². The molecular weight excluding hydrogens is 456 g/mol. The lowest BCUT2D eigenvalue weighted by Crippen LogP contribution is -2.48. The number of benzene rings is 2. The summed E-state index contributed by atoms with van der Waals surface area (Å²) in [6.07, 6.45) is -4.96. The zero-order valence-corrected chi connectivity index (χ0v) is 18.3. The Morgan fingerprint density at radius 2 is 2.00 bits per heavy atom. The van der Waals surface area contributed by atoms with Crippen molar-refractivity contribution in [2.24, 2.45) is 0 Å². The predicted octanol–water partition coefficient (Wildman–Crippen LogP) is 4.66. The van der Waals surface area contributed by atoms with Gasteiger partial charge in [0.15, 0.2) is 0 Å². The van der Waals surface area contributed by atoms with Crippen LogP contribution in [0.4, 0.5) is 17.6 Å². The Hall–Kier alpha value is -3.40. The lowest BCUT2D eigenvalue weighted by Gasteiger charge is -2.32. The van der Waals surface area contributed by atoms with Crippen LogP contribution in [0.1, 0.15) is 17.0 Å². The highest BCUT2D eigenvalue weighted by Crippen LogP contribution is 2.31. The van der Waals surface area contributed by atoms with Crippen molar-refractivity contribution in [1.82, 2.24) is 9.88 Å². The monoisotopic (exact) mass is 478 g/mol. The number of hydrogen-bond donors (Lipinski definition) is 0. The van der Waals surface area contributed by atoms with Crippen molar-refractivity contribution >= 4 is 5.91 Å². The van der Waals surface area contributed by atoms with Gasteiger partial charge in [0.1, 0.15) is 30.0 Å². The number of carbonyl (C=O) groups is 1. The third-order valence-corrected chi connectivity index (χ3v) is 5.37. The Kier molecular flexibility index (Phi) is 6.87. The molecule has 6 nitrogen and oxygen atoms in total. The van der Waals surface area contributed by atoms with Crippen LogP contribution in [-0.4, -0.2) is 48.2 Å². The molecule has 1 fully saturated rings. The summed E-state index contributed by atoms with van der Waals surface area (Å²) < 4.78 is 68.8. The van der Waals surface area contributed by atoms with E-state index in [1.54, 1.807) is 24.0 Å². The fourth-order valence-corrected chi connectivity index (χ4v) is 3.59. The molecule has 1 amide bonds. The minimum absolute atomic E-state index is 0.00218. The quantitative estimate of drug-likeness (QED) is 0.483. The Bertz CT molecular complexity index is 1160. The van der Waals surface area contributed by atoms with E-state index in [2.05, 4.69) is 4.98 Å². The number of aromatic nitrogens is 1. The SMILES string of the molecule is Cc1oc(-c2cccc(F)c2)nc1CC(=O)N1CCOC(COc2cccc(C(F)(F)F)c2)C1. The number of alkyl halides is 3. The Balaban J connectivity index is 1.35. The molecule has 2 heterocycles. The van der Waals surface area contributed by atoms with E-state index in [1.807, 2.05) is 0 Å². The fraction of sp³-hybridized carbons (Fsp3) is 0.333. The van der Waals surface area contributed by atoms with Crippen molar-refractivity contribution in [2.45, 2.75) is 25.6 Å². The van der Waals surface area contributed by atoms with E-state index in [0.717, 1.165) is 12.1 Å². The van der Waals surface area contributed by atoms with Gasteiger partial charge in [-0.3, -0.25) is 4.79 Å². The second-order valence-electron chi connectivity index (χ2n) is 7.88. The van der Waals surface area contributed by atoms with E-state index in [4.69, 9.17) is 13.9 Å². The number of ether oxygens (including phenoxy) is 2. The maximum atomic E-state index is 13.5. The van der Waals surface area contributed by atoms with Crippen molar-refractivity contribution in [2.75, 3.05) is 26.3 Å². The van der Waals surface area contributed by atoms with Gasteiger partial charge in [-0.15, -0.1) is 0 Å². The summed E-state index contributed by atoms with van der Waals surface area (Å²) in [5.41, 5.74) is 0.124. The molecule has 4 rings (SSSR count). The van der Waals surface area contributed by atoms with Crippen molar-refractivity contribution in [3.05, 3.63) is 71.4 Å². The molecule has 1 aromatic heterocycles. The molecule has 180 valence electrons. The third kappa shape index (κ3) is 5.74. The molecule has 0 aliphatic carbocycles. The molecule has 2 aromatic carbocycles. The van der Waals surface area contributed by atoms with Gasteiger partial charge >= 0.3 is 6.18 Å². The van der Waals surface area contributed by atoms with Gasteiger partial charge in [-0.05, 0) is 43.3 Å². The molecular formula is C24H22F4N2O4. The molecule has 0 saturated carbocycles. The summed E-state index contributed by atoms with van der Waals surface area (Å²) in [5.74, 6) is 0.150. The van der Waals surface area contributed by atoms with Crippen LogP contribution in [0.15, 0.2) is 52.9 Å². The van der Waals surface area contributed by atoms with Crippen LogP contribution in [0.3, 0.4) is 0 Å². The largest absolute Gasteiger partial charge is 0.491 e. The number of amides is 1. The first-order chi connectivity index (χ1) is 16.2. The molecule has 1 unspecified atom stereocenters. The molecule has 0 spiro atoms. The number of hydrogen-bond acceptors (Lipinski definition) is 5. The lowest BCUT2D eigenvalue weighted by atomic mass is 10.2. The summed E-state index contributed by atoms with van der Waals surface area (Å²) in [5, 5.41) is 0. The molecule has 0 bridgehead atoms. The minimum Gasteiger partial charge on any atom is -0.491 e. The first-order valence-electron chi connectivity index (χ1n) is 10.6.